The van der Waals surface area contributed by atoms with Gasteiger partial charge in [0.15, 0.2) is 0 Å². The van der Waals surface area contributed by atoms with Gasteiger partial charge in [-0.2, -0.15) is 0 Å². The summed E-state index contributed by atoms with van der Waals surface area (Å²) in [6.07, 6.45) is 2.66. The van der Waals surface area contributed by atoms with Gasteiger partial charge in [0, 0.05) is 38.0 Å². The molecule has 0 aromatic heterocycles. The number of ether oxygens (including phenoxy) is 1. The molecule has 3 heteroatoms. The van der Waals surface area contributed by atoms with Crippen molar-refractivity contribution in [2.45, 2.75) is 39.3 Å². The maximum absolute atomic E-state index is 5.40. The molecule has 0 saturated carbocycles. The number of rotatable bonds is 7. The fraction of sp³-hybridized carbons (Fsp3) is 0.625. The Morgan fingerprint density at radius 2 is 1.89 bits per heavy atom. The second-order valence-corrected chi connectivity index (χ2v) is 5.30. The van der Waals surface area contributed by atoms with Crippen molar-refractivity contribution in [1.29, 1.82) is 0 Å². The SMILES string of the molecule is CCOCC(C)NCc1ccc(N2CCCC2)cc1. The highest BCUT2D eigenvalue weighted by Gasteiger charge is 2.11. The van der Waals surface area contributed by atoms with Crippen LogP contribution in [0.25, 0.3) is 0 Å². The van der Waals surface area contributed by atoms with E-state index in [1.807, 2.05) is 6.92 Å². The van der Waals surface area contributed by atoms with E-state index in [2.05, 4.69) is 41.4 Å². The minimum Gasteiger partial charge on any atom is -0.380 e. The first-order chi connectivity index (χ1) is 9.29. The van der Waals surface area contributed by atoms with Gasteiger partial charge in [0.1, 0.15) is 0 Å². The average Bonchev–Trinajstić information content (AvgIpc) is 2.97. The lowest BCUT2D eigenvalue weighted by molar-refractivity contribution is 0.127. The van der Waals surface area contributed by atoms with E-state index in [4.69, 9.17) is 4.74 Å². The van der Waals surface area contributed by atoms with Crippen LogP contribution in [-0.4, -0.2) is 32.3 Å². The van der Waals surface area contributed by atoms with Crippen LogP contribution < -0.4 is 10.2 Å². The lowest BCUT2D eigenvalue weighted by atomic mass is 10.2. The van der Waals surface area contributed by atoms with Crippen molar-refractivity contribution in [1.82, 2.24) is 5.32 Å². The van der Waals surface area contributed by atoms with Crippen molar-refractivity contribution >= 4 is 5.69 Å². The molecule has 1 unspecified atom stereocenters. The number of benzene rings is 1. The molecule has 3 nitrogen and oxygen atoms in total. The molecule has 1 saturated heterocycles. The van der Waals surface area contributed by atoms with Gasteiger partial charge in [-0.25, -0.2) is 0 Å². The second kappa shape index (κ2) is 7.51. The number of anilines is 1. The molecule has 1 N–H and O–H groups in total. The third-order valence-electron chi connectivity index (χ3n) is 3.63. The first kappa shape index (κ1) is 14.4. The Morgan fingerprint density at radius 1 is 1.21 bits per heavy atom. The van der Waals surface area contributed by atoms with E-state index in [0.29, 0.717) is 6.04 Å². The minimum atomic E-state index is 0.401. The van der Waals surface area contributed by atoms with E-state index in [-0.39, 0.29) is 0 Å². The second-order valence-electron chi connectivity index (χ2n) is 5.30. The topological polar surface area (TPSA) is 24.5 Å². The van der Waals surface area contributed by atoms with Crippen LogP contribution in [0.15, 0.2) is 24.3 Å². The monoisotopic (exact) mass is 262 g/mol. The highest BCUT2D eigenvalue weighted by Crippen LogP contribution is 2.20. The van der Waals surface area contributed by atoms with Crippen LogP contribution in [0.4, 0.5) is 5.69 Å². The summed E-state index contributed by atoms with van der Waals surface area (Å²) in [4.78, 5) is 2.47. The summed E-state index contributed by atoms with van der Waals surface area (Å²) in [5.41, 5.74) is 2.70. The van der Waals surface area contributed by atoms with Crippen molar-refractivity contribution in [3.63, 3.8) is 0 Å². The molecule has 0 aliphatic carbocycles. The summed E-state index contributed by atoms with van der Waals surface area (Å²) in [7, 11) is 0. The van der Waals surface area contributed by atoms with Gasteiger partial charge in [0.25, 0.3) is 0 Å². The molecule has 1 aromatic rings. The molecule has 1 fully saturated rings. The van der Waals surface area contributed by atoms with Crippen molar-refractivity contribution in [3.05, 3.63) is 29.8 Å². The van der Waals surface area contributed by atoms with E-state index >= 15 is 0 Å². The summed E-state index contributed by atoms with van der Waals surface area (Å²) < 4.78 is 5.40. The zero-order valence-electron chi connectivity index (χ0n) is 12.2. The van der Waals surface area contributed by atoms with Crippen LogP contribution in [0, 0.1) is 0 Å². The van der Waals surface area contributed by atoms with Crippen LogP contribution in [0.1, 0.15) is 32.3 Å². The summed E-state index contributed by atoms with van der Waals surface area (Å²) in [5, 5.41) is 3.48. The van der Waals surface area contributed by atoms with Crippen LogP contribution in [-0.2, 0) is 11.3 Å². The van der Waals surface area contributed by atoms with E-state index in [1.165, 1.54) is 37.2 Å². The third-order valence-corrected chi connectivity index (χ3v) is 3.63. The van der Waals surface area contributed by atoms with Crippen LogP contribution in [0.5, 0.6) is 0 Å². The van der Waals surface area contributed by atoms with Gasteiger partial charge in [-0.3, -0.25) is 0 Å². The molecule has 1 aromatic carbocycles. The summed E-state index contributed by atoms with van der Waals surface area (Å²) in [6.45, 7) is 9.09. The highest BCUT2D eigenvalue weighted by atomic mass is 16.5. The van der Waals surface area contributed by atoms with Crippen molar-refractivity contribution in [2.24, 2.45) is 0 Å². The van der Waals surface area contributed by atoms with E-state index in [1.54, 1.807) is 0 Å². The molecule has 0 amide bonds. The fourth-order valence-corrected chi connectivity index (χ4v) is 2.45. The number of nitrogens with zero attached hydrogens (tertiary/aromatic N) is 1. The van der Waals surface area contributed by atoms with Crippen molar-refractivity contribution < 1.29 is 4.74 Å². The smallest absolute Gasteiger partial charge is 0.0616 e. The van der Waals surface area contributed by atoms with Crippen molar-refractivity contribution in [2.75, 3.05) is 31.2 Å². The molecule has 19 heavy (non-hydrogen) atoms. The predicted octanol–water partition coefficient (Wildman–Crippen LogP) is 2.80. The van der Waals surface area contributed by atoms with Crippen LogP contribution >= 0.6 is 0 Å². The zero-order valence-corrected chi connectivity index (χ0v) is 12.2. The maximum Gasteiger partial charge on any atom is 0.0616 e. The Labute approximate surface area is 116 Å². The Bertz CT molecular complexity index is 358. The van der Waals surface area contributed by atoms with E-state index in [9.17, 15) is 0 Å². The summed E-state index contributed by atoms with van der Waals surface area (Å²) >= 11 is 0. The van der Waals surface area contributed by atoms with Crippen LogP contribution in [0.2, 0.25) is 0 Å². The van der Waals surface area contributed by atoms with Gasteiger partial charge in [0.2, 0.25) is 0 Å². The van der Waals surface area contributed by atoms with E-state index in [0.717, 1.165) is 19.8 Å². The molecule has 0 spiro atoms. The van der Waals surface area contributed by atoms with Gasteiger partial charge in [-0.15, -0.1) is 0 Å². The first-order valence-electron chi connectivity index (χ1n) is 7.44. The van der Waals surface area contributed by atoms with Gasteiger partial charge in [-0.1, -0.05) is 12.1 Å². The van der Waals surface area contributed by atoms with Gasteiger partial charge < -0.3 is 15.0 Å². The molecular formula is C16H26N2O. The Morgan fingerprint density at radius 3 is 2.53 bits per heavy atom. The predicted molar refractivity (Wildman–Crippen MR) is 80.7 cm³/mol. The Kier molecular flexibility index (Phi) is 5.67. The maximum atomic E-state index is 5.40. The molecule has 1 atom stereocenters. The quantitative estimate of drug-likeness (QED) is 0.818. The highest BCUT2D eigenvalue weighted by molar-refractivity contribution is 5.48. The average molecular weight is 262 g/mol. The first-order valence-corrected chi connectivity index (χ1v) is 7.44. The molecule has 0 bridgehead atoms. The Hall–Kier alpha value is -1.06. The lowest BCUT2D eigenvalue weighted by Crippen LogP contribution is -2.30. The molecule has 1 aliphatic rings. The largest absolute Gasteiger partial charge is 0.380 e. The molecule has 1 heterocycles. The summed E-state index contributed by atoms with van der Waals surface area (Å²) in [6, 6.07) is 9.35. The minimum absolute atomic E-state index is 0.401. The lowest BCUT2D eigenvalue weighted by Gasteiger charge is -2.18. The zero-order chi connectivity index (χ0) is 13.5. The molecule has 2 rings (SSSR count). The Balaban J connectivity index is 1.78. The number of hydrogen-bond acceptors (Lipinski definition) is 3. The molecule has 1 aliphatic heterocycles. The standard InChI is InChI=1S/C16H26N2O/c1-3-19-13-14(2)17-12-15-6-8-16(9-7-15)18-10-4-5-11-18/h6-9,14,17H,3-5,10-13H2,1-2H3. The fourth-order valence-electron chi connectivity index (χ4n) is 2.45. The number of nitrogens with one attached hydrogen (secondary N) is 1. The normalized spacial score (nSPS) is 16.8. The molecule has 106 valence electrons. The van der Waals surface area contributed by atoms with E-state index < -0.39 is 0 Å². The van der Waals surface area contributed by atoms with Crippen molar-refractivity contribution in [3.8, 4) is 0 Å². The number of hydrogen-bond donors (Lipinski definition) is 1. The summed E-state index contributed by atoms with van der Waals surface area (Å²) in [5.74, 6) is 0. The van der Waals surface area contributed by atoms with Gasteiger partial charge in [0.05, 0.1) is 6.61 Å². The van der Waals surface area contributed by atoms with Gasteiger partial charge in [-0.05, 0) is 44.4 Å². The molecule has 0 radical (unpaired) electrons. The van der Waals surface area contributed by atoms with Gasteiger partial charge >= 0.3 is 0 Å². The molecular weight excluding hydrogens is 236 g/mol. The van der Waals surface area contributed by atoms with Crippen LogP contribution in [0.3, 0.4) is 0 Å². The third kappa shape index (κ3) is 4.51.